The van der Waals surface area contributed by atoms with E-state index in [0.29, 0.717) is 6.61 Å². The first-order valence-electron chi connectivity index (χ1n) is 7.65. The first kappa shape index (κ1) is 15.7. The van der Waals surface area contributed by atoms with E-state index in [1.165, 1.54) is 5.56 Å². The fraction of sp³-hybridized carbons (Fsp3) is 0.471. The van der Waals surface area contributed by atoms with E-state index in [-0.39, 0.29) is 12.1 Å². The molecule has 21 heavy (non-hydrogen) atoms. The van der Waals surface area contributed by atoms with Crippen LogP contribution < -0.4 is 5.32 Å². The summed E-state index contributed by atoms with van der Waals surface area (Å²) in [5, 5.41) is 7.91. The lowest BCUT2D eigenvalue weighted by molar-refractivity contribution is 0.0306. The number of hydrogen-bond donors (Lipinski definition) is 1. The topological polar surface area (TPSA) is 39.1 Å². The molecule has 1 aromatic carbocycles. The second-order valence-electron chi connectivity index (χ2n) is 5.10. The first-order valence-corrected chi connectivity index (χ1v) is 7.65. The van der Waals surface area contributed by atoms with Gasteiger partial charge in [-0.2, -0.15) is 5.10 Å². The Bertz CT molecular complexity index is 524. The van der Waals surface area contributed by atoms with E-state index in [0.717, 1.165) is 18.7 Å². The average molecular weight is 287 g/mol. The van der Waals surface area contributed by atoms with Gasteiger partial charge in [0, 0.05) is 19.9 Å². The van der Waals surface area contributed by atoms with Crippen LogP contribution in [-0.2, 0) is 11.8 Å². The SMILES string of the molecule is CCCNC(c1ccnn1C)C(OCC)c1ccccc1. The number of nitrogens with one attached hydrogen (secondary N) is 1. The van der Waals surface area contributed by atoms with E-state index in [1.807, 2.05) is 30.9 Å². The van der Waals surface area contributed by atoms with Gasteiger partial charge in [0.05, 0.1) is 11.7 Å². The molecule has 0 radical (unpaired) electrons. The first-order chi connectivity index (χ1) is 10.3. The van der Waals surface area contributed by atoms with Crippen LogP contribution in [0.4, 0.5) is 0 Å². The van der Waals surface area contributed by atoms with Crippen LogP contribution >= 0.6 is 0 Å². The lowest BCUT2D eigenvalue weighted by Crippen LogP contribution is -2.31. The van der Waals surface area contributed by atoms with E-state index in [2.05, 4.69) is 47.7 Å². The summed E-state index contributed by atoms with van der Waals surface area (Å²) >= 11 is 0. The maximum atomic E-state index is 6.06. The molecule has 4 heteroatoms. The highest BCUT2D eigenvalue weighted by Gasteiger charge is 2.26. The van der Waals surface area contributed by atoms with Crippen molar-refractivity contribution in [3.05, 3.63) is 53.9 Å². The quantitative estimate of drug-likeness (QED) is 0.810. The number of hydrogen-bond acceptors (Lipinski definition) is 3. The van der Waals surface area contributed by atoms with Crippen molar-refractivity contribution < 1.29 is 4.74 Å². The van der Waals surface area contributed by atoms with Gasteiger partial charge in [-0.05, 0) is 31.5 Å². The Hall–Kier alpha value is -1.65. The molecule has 2 aromatic rings. The molecule has 0 aliphatic carbocycles. The molecule has 0 bridgehead atoms. The molecular weight excluding hydrogens is 262 g/mol. The van der Waals surface area contributed by atoms with Crippen molar-refractivity contribution in [3.63, 3.8) is 0 Å². The van der Waals surface area contributed by atoms with Gasteiger partial charge < -0.3 is 10.1 Å². The molecule has 0 spiro atoms. The maximum absolute atomic E-state index is 6.06. The number of aryl methyl sites for hydroxylation is 1. The largest absolute Gasteiger partial charge is 0.372 e. The number of aromatic nitrogens is 2. The average Bonchev–Trinajstić information content (AvgIpc) is 2.93. The summed E-state index contributed by atoms with van der Waals surface area (Å²) in [4.78, 5) is 0. The molecule has 1 aromatic heterocycles. The Morgan fingerprint density at radius 2 is 1.95 bits per heavy atom. The Kier molecular flexibility index (Phi) is 5.96. The van der Waals surface area contributed by atoms with Crippen LogP contribution in [0.3, 0.4) is 0 Å². The highest BCUT2D eigenvalue weighted by atomic mass is 16.5. The van der Waals surface area contributed by atoms with Gasteiger partial charge >= 0.3 is 0 Å². The van der Waals surface area contributed by atoms with Gasteiger partial charge in [-0.15, -0.1) is 0 Å². The molecule has 0 fully saturated rings. The summed E-state index contributed by atoms with van der Waals surface area (Å²) in [5.74, 6) is 0. The van der Waals surface area contributed by atoms with Crippen LogP contribution in [0.5, 0.6) is 0 Å². The molecule has 4 nitrogen and oxygen atoms in total. The molecule has 2 atom stereocenters. The van der Waals surface area contributed by atoms with Crippen molar-refractivity contribution in [1.29, 1.82) is 0 Å². The predicted octanol–water partition coefficient (Wildman–Crippen LogP) is 3.24. The number of rotatable bonds is 8. The van der Waals surface area contributed by atoms with Crippen LogP contribution in [-0.4, -0.2) is 22.9 Å². The minimum atomic E-state index is -0.0156. The van der Waals surface area contributed by atoms with Crippen LogP contribution in [0.25, 0.3) is 0 Å². The van der Waals surface area contributed by atoms with E-state index in [4.69, 9.17) is 4.74 Å². The van der Waals surface area contributed by atoms with Crippen molar-refractivity contribution >= 4 is 0 Å². The number of ether oxygens (including phenoxy) is 1. The zero-order chi connectivity index (χ0) is 15.1. The van der Waals surface area contributed by atoms with Crippen LogP contribution in [0.1, 0.15) is 43.7 Å². The Labute approximate surface area is 127 Å². The molecule has 114 valence electrons. The number of nitrogens with zero attached hydrogens (tertiary/aromatic N) is 2. The fourth-order valence-electron chi connectivity index (χ4n) is 2.56. The van der Waals surface area contributed by atoms with Gasteiger partial charge in [0.1, 0.15) is 6.10 Å². The van der Waals surface area contributed by atoms with Crippen molar-refractivity contribution in [1.82, 2.24) is 15.1 Å². The van der Waals surface area contributed by atoms with Crippen LogP contribution in [0, 0.1) is 0 Å². The van der Waals surface area contributed by atoms with Gasteiger partial charge in [-0.3, -0.25) is 4.68 Å². The third-order valence-electron chi connectivity index (χ3n) is 3.57. The molecule has 0 saturated heterocycles. The minimum absolute atomic E-state index is 0.0156. The maximum Gasteiger partial charge on any atom is 0.103 e. The summed E-state index contributed by atoms with van der Waals surface area (Å²) in [7, 11) is 1.98. The third-order valence-corrected chi connectivity index (χ3v) is 3.57. The lowest BCUT2D eigenvalue weighted by atomic mass is 9.99. The molecule has 0 aliphatic rings. The standard InChI is InChI=1S/C17H25N3O/c1-4-12-18-16(15-11-13-19-20(15)3)17(21-5-2)14-9-7-6-8-10-14/h6-11,13,16-18H,4-5,12H2,1-3H3. The monoisotopic (exact) mass is 287 g/mol. The number of benzene rings is 1. The van der Waals surface area contributed by atoms with Crippen molar-refractivity contribution in [2.45, 2.75) is 32.4 Å². The molecule has 0 aliphatic heterocycles. The molecule has 0 saturated carbocycles. The summed E-state index contributed by atoms with van der Waals surface area (Å²) in [5.41, 5.74) is 2.33. The highest BCUT2D eigenvalue weighted by molar-refractivity contribution is 5.22. The second kappa shape index (κ2) is 7.96. The minimum Gasteiger partial charge on any atom is -0.372 e. The van der Waals surface area contributed by atoms with E-state index in [1.54, 1.807) is 0 Å². The third kappa shape index (κ3) is 3.93. The zero-order valence-corrected chi connectivity index (χ0v) is 13.1. The fourth-order valence-corrected chi connectivity index (χ4v) is 2.56. The Morgan fingerprint density at radius 3 is 2.52 bits per heavy atom. The predicted molar refractivity (Wildman–Crippen MR) is 85.1 cm³/mol. The van der Waals surface area contributed by atoms with Gasteiger partial charge in [-0.25, -0.2) is 0 Å². The summed E-state index contributed by atoms with van der Waals surface area (Å²) in [6.07, 6.45) is 2.91. The molecule has 1 heterocycles. The summed E-state index contributed by atoms with van der Waals surface area (Å²) in [6, 6.07) is 12.5. The molecule has 2 unspecified atom stereocenters. The van der Waals surface area contributed by atoms with Gasteiger partial charge in [-0.1, -0.05) is 37.3 Å². The van der Waals surface area contributed by atoms with Crippen molar-refractivity contribution in [2.24, 2.45) is 7.05 Å². The molecule has 0 amide bonds. The van der Waals surface area contributed by atoms with E-state index >= 15 is 0 Å². The molecule has 2 rings (SSSR count). The normalized spacial score (nSPS) is 14.0. The second-order valence-corrected chi connectivity index (χ2v) is 5.10. The van der Waals surface area contributed by atoms with Gasteiger partial charge in [0.15, 0.2) is 0 Å². The zero-order valence-electron chi connectivity index (χ0n) is 13.1. The smallest absolute Gasteiger partial charge is 0.103 e. The van der Waals surface area contributed by atoms with E-state index in [9.17, 15) is 0 Å². The summed E-state index contributed by atoms with van der Waals surface area (Å²) < 4.78 is 7.98. The molecule has 1 N–H and O–H groups in total. The Morgan fingerprint density at radius 1 is 1.19 bits per heavy atom. The van der Waals surface area contributed by atoms with Crippen molar-refractivity contribution in [2.75, 3.05) is 13.2 Å². The highest BCUT2D eigenvalue weighted by Crippen LogP contribution is 2.31. The summed E-state index contributed by atoms with van der Waals surface area (Å²) in [6.45, 7) is 5.84. The van der Waals surface area contributed by atoms with Gasteiger partial charge in [0.2, 0.25) is 0 Å². The van der Waals surface area contributed by atoms with Crippen LogP contribution in [0.15, 0.2) is 42.6 Å². The molecular formula is C17H25N3O. The lowest BCUT2D eigenvalue weighted by Gasteiger charge is -2.28. The van der Waals surface area contributed by atoms with E-state index < -0.39 is 0 Å². The van der Waals surface area contributed by atoms with Crippen LogP contribution in [0.2, 0.25) is 0 Å². The Balaban J connectivity index is 2.33. The van der Waals surface area contributed by atoms with Gasteiger partial charge in [0.25, 0.3) is 0 Å². The van der Waals surface area contributed by atoms with Crippen molar-refractivity contribution in [3.8, 4) is 0 Å².